The Hall–Kier alpha value is -3.39. The summed E-state index contributed by atoms with van der Waals surface area (Å²) >= 11 is 0. The maximum absolute atomic E-state index is 12.2. The molecule has 3 aromatic rings. The molecule has 2 radical (unpaired) electrons. The molecule has 0 aliphatic rings. The van der Waals surface area contributed by atoms with Crippen LogP contribution in [0.5, 0.6) is 0 Å². The normalized spacial score (nSPS) is 11.5. The van der Waals surface area contributed by atoms with Crippen LogP contribution in [-0.4, -0.2) is 48.5 Å². The van der Waals surface area contributed by atoms with E-state index in [-0.39, 0.29) is 0 Å². The number of benzene rings is 2. The van der Waals surface area contributed by atoms with E-state index in [0.717, 1.165) is 16.8 Å². The summed E-state index contributed by atoms with van der Waals surface area (Å²) in [5.74, 6) is -0.468. The molecule has 0 saturated carbocycles. The van der Waals surface area contributed by atoms with Crippen molar-refractivity contribution in [3.8, 4) is 0 Å². The van der Waals surface area contributed by atoms with E-state index in [4.69, 9.17) is 13.1 Å². The lowest BCUT2D eigenvalue weighted by Crippen LogP contribution is -2.31. The third-order valence-corrected chi connectivity index (χ3v) is 4.52. The smallest absolute Gasteiger partial charge is 0.255 e. The first-order valence-electron chi connectivity index (χ1n) is 9.27. The molecule has 3 rings (SSSR count). The number of anilines is 2. The van der Waals surface area contributed by atoms with E-state index >= 15 is 0 Å². The zero-order valence-corrected chi connectivity index (χ0v) is 15.9. The molecule has 0 aliphatic heterocycles. The molecular formula is C21H22BN5O2. The lowest BCUT2D eigenvalue weighted by atomic mass is 9.90. The first kappa shape index (κ1) is 20.4. The Morgan fingerprint density at radius 3 is 2.28 bits per heavy atom. The van der Waals surface area contributed by atoms with Gasteiger partial charge in [0.1, 0.15) is 0 Å². The highest BCUT2D eigenvalue weighted by Gasteiger charge is 2.22. The molecule has 0 bridgehead atoms. The Morgan fingerprint density at radius 2 is 1.66 bits per heavy atom. The molecule has 0 saturated heterocycles. The van der Waals surface area contributed by atoms with Crippen molar-refractivity contribution in [2.45, 2.75) is 5.92 Å². The molecule has 2 aromatic carbocycles. The van der Waals surface area contributed by atoms with Crippen LogP contribution in [0.4, 0.5) is 11.6 Å². The van der Waals surface area contributed by atoms with E-state index in [2.05, 4.69) is 15.3 Å². The second kappa shape index (κ2) is 10.2. The summed E-state index contributed by atoms with van der Waals surface area (Å²) in [6, 6.07) is 18.6. The summed E-state index contributed by atoms with van der Waals surface area (Å²) in [7, 11) is 5.79. The molecule has 0 aliphatic carbocycles. The number of hydrogen-bond donors (Lipinski definition) is 3. The topological polar surface area (TPSA) is 90.4 Å². The van der Waals surface area contributed by atoms with Gasteiger partial charge >= 0.3 is 0 Å². The average molecular weight is 387 g/mol. The van der Waals surface area contributed by atoms with E-state index < -0.39 is 11.8 Å². The van der Waals surface area contributed by atoms with Crippen LogP contribution in [0.3, 0.4) is 0 Å². The fraction of sp³-hybridized carbons (Fsp3) is 0.190. The summed E-state index contributed by atoms with van der Waals surface area (Å²) < 4.78 is 0. The number of amides is 1. The van der Waals surface area contributed by atoms with Crippen molar-refractivity contribution < 1.29 is 10.0 Å². The predicted molar refractivity (Wildman–Crippen MR) is 113 cm³/mol. The van der Waals surface area contributed by atoms with E-state index in [1.807, 2.05) is 59.5 Å². The number of hydroxylamine groups is 1. The van der Waals surface area contributed by atoms with Crippen molar-refractivity contribution >= 4 is 25.4 Å². The second-order valence-electron chi connectivity index (χ2n) is 6.36. The van der Waals surface area contributed by atoms with E-state index in [1.165, 1.54) is 0 Å². The van der Waals surface area contributed by atoms with Gasteiger partial charge in [-0.1, -0.05) is 42.5 Å². The first-order valence-corrected chi connectivity index (χ1v) is 9.27. The zero-order valence-electron chi connectivity index (χ0n) is 15.9. The standard InChI is InChI=1S/C21H22BN5O2/c22-15-27(21-24-11-4-12-25-21)14-13-23-18-9-7-17(8-10-18)19(20(28)26-29)16-5-2-1-3-6-16/h1-12,19,23,29H,13-15H2,(H,26,28). The van der Waals surface area contributed by atoms with Crippen LogP contribution in [0.2, 0.25) is 0 Å². The van der Waals surface area contributed by atoms with Crippen molar-refractivity contribution in [2.24, 2.45) is 0 Å². The van der Waals surface area contributed by atoms with Gasteiger partial charge in [-0.15, -0.1) is 0 Å². The molecule has 7 nitrogen and oxygen atoms in total. The molecular weight excluding hydrogens is 365 g/mol. The largest absolute Gasteiger partial charge is 0.383 e. The Balaban J connectivity index is 1.64. The lowest BCUT2D eigenvalue weighted by Gasteiger charge is -2.21. The molecule has 0 spiro atoms. The Bertz CT molecular complexity index is 894. The van der Waals surface area contributed by atoms with Gasteiger partial charge in [0.05, 0.1) is 13.8 Å². The second-order valence-corrected chi connectivity index (χ2v) is 6.36. The Labute approximate surface area is 171 Å². The van der Waals surface area contributed by atoms with Crippen LogP contribution >= 0.6 is 0 Å². The average Bonchev–Trinajstić information content (AvgIpc) is 2.79. The van der Waals surface area contributed by atoms with Crippen LogP contribution in [0.1, 0.15) is 17.0 Å². The van der Waals surface area contributed by atoms with Gasteiger partial charge in [-0.05, 0) is 35.8 Å². The molecule has 146 valence electrons. The maximum atomic E-state index is 12.2. The van der Waals surface area contributed by atoms with Gasteiger partial charge in [-0.25, -0.2) is 15.4 Å². The van der Waals surface area contributed by atoms with E-state index in [9.17, 15) is 4.79 Å². The summed E-state index contributed by atoms with van der Waals surface area (Å²) in [5, 5.41) is 12.5. The number of nitrogens with one attached hydrogen (secondary N) is 2. The number of rotatable bonds is 9. The highest BCUT2D eigenvalue weighted by Crippen LogP contribution is 2.26. The SMILES string of the molecule is [B]CN(CCNc1ccc(C(C(=O)NO)c2ccccc2)cc1)c1ncccn1. The van der Waals surface area contributed by atoms with Gasteiger partial charge in [0, 0.05) is 31.2 Å². The number of hydrogen-bond acceptors (Lipinski definition) is 6. The zero-order chi connectivity index (χ0) is 20.5. The molecule has 1 heterocycles. The van der Waals surface area contributed by atoms with Crippen molar-refractivity contribution in [3.05, 3.63) is 84.2 Å². The lowest BCUT2D eigenvalue weighted by molar-refractivity contribution is -0.129. The monoisotopic (exact) mass is 387 g/mol. The van der Waals surface area contributed by atoms with E-state index in [0.29, 0.717) is 25.5 Å². The first-order chi connectivity index (χ1) is 14.2. The van der Waals surface area contributed by atoms with Crippen LogP contribution < -0.4 is 15.7 Å². The van der Waals surface area contributed by atoms with Crippen LogP contribution in [0.15, 0.2) is 73.1 Å². The maximum Gasteiger partial charge on any atom is 0.255 e. The predicted octanol–water partition coefficient (Wildman–Crippen LogP) is 2.16. The minimum atomic E-state index is -0.585. The van der Waals surface area contributed by atoms with Gasteiger partial charge in [0.2, 0.25) is 5.95 Å². The molecule has 1 amide bonds. The minimum absolute atomic E-state index is 0.319. The third-order valence-electron chi connectivity index (χ3n) is 4.52. The molecule has 8 heteroatoms. The van der Waals surface area contributed by atoms with Gasteiger partial charge in [0.15, 0.2) is 0 Å². The summed E-state index contributed by atoms with van der Waals surface area (Å²) in [5.41, 5.74) is 4.27. The third kappa shape index (κ3) is 5.33. The number of carbonyl (C=O) groups is 1. The van der Waals surface area contributed by atoms with Gasteiger partial charge in [-0.2, -0.15) is 0 Å². The highest BCUT2D eigenvalue weighted by atomic mass is 16.5. The Morgan fingerprint density at radius 1 is 1.00 bits per heavy atom. The number of carbonyl (C=O) groups excluding carboxylic acids is 1. The highest BCUT2D eigenvalue weighted by molar-refractivity contribution is 6.10. The molecule has 1 unspecified atom stereocenters. The van der Waals surface area contributed by atoms with Gasteiger partial charge in [-0.3, -0.25) is 10.0 Å². The quantitative estimate of drug-likeness (QED) is 0.296. The molecule has 0 fully saturated rings. The Kier molecular flexibility index (Phi) is 7.19. The van der Waals surface area contributed by atoms with Crippen molar-refractivity contribution in [3.63, 3.8) is 0 Å². The van der Waals surface area contributed by atoms with Gasteiger partial charge < -0.3 is 10.2 Å². The van der Waals surface area contributed by atoms with E-state index in [1.54, 1.807) is 23.9 Å². The van der Waals surface area contributed by atoms with Crippen LogP contribution in [-0.2, 0) is 4.79 Å². The van der Waals surface area contributed by atoms with Crippen molar-refractivity contribution in [1.82, 2.24) is 15.4 Å². The minimum Gasteiger partial charge on any atom is -0.383 e. The van der Waals surface area contributed by atoms with Crippen molar-refractivity contribution in [2.75, 3.05) is 29.8 Å². The summed E-state index contributed by atoms with van der Waals surface area (Å²) in [6.45, 7) is 1.29. The van der Waals surface area contributed by atoms with Crippen LogP contribution in [0.25, 0.3) is 0 Å². The summed E-state index contributed by atoms with van der Waals surface area (Å²) in [6.07, 6.45) is 3.69. The molecule has 29 heavy (non-hydrogen) atoms. The molecule has 3 N–H and O–H groups in total. The van der Waals surface area contributed by atoms with Crippen LogP contribution in [0, 0.1) is 0 Å². The van der Waals surface area contributed by atoms with Crippen molar-refractivity contribution in [1.29, 1.82) is 0 Å². The number of nitrogens with zero attached hydrogens (tertiary/aromatic N) is 3. The molecule has 1 aromatic heterocycles. The number of aromatic nitrogens is 2. The fourth-order valence-corrected chi connectivity index (χ4v) is 3.06. The molecule has 1 atom stereocenters. The van der Waals surface area contributed by atoms with Gasteiger partial charge in [0.25, 0.3) is 5.91 Å². The fourth-order valence-electron chi connectivity index (χ4n) is 3.06. The summed E-state index contributed by atoms with van der Waals surface area (Å²) in [4.78, 5) is 22.5.